The maximum atomic E-state index is 15.0. The van der Waals surface area contributed by atoms with Crippen LogP contribution in [0.15, 0.2) is 35.7 Å². The van der Waals surface area contributed by atoms with Crippen molar-refractivity contribution in [3.63, 3.8) is 0 Å². The lowest BCUT2D eigenvalue weighted by Crippen LogP contribution is -2.27. The summed E-state index contributed by atoms with van der Waals surface area (Å²) in [5.41, 5.74) is 3.18. The van der Waals surface area contributed by atoms with E-state index in [0.717, 1.165) is 53.7 Å². The van der Waals surface area contributed by atoms with E-state index in [4.69, 9.17) is 4.74 Å². The molecule has 0 amide bonds. The molecular formula is C26H35FO2. The molecule has 1 aromatic rings. The van der Waals surface area contributed by atoms with Crippen molar-refractivity contribution in [2.24, 2.45) is 5.92 Å². The van der Waals surface area contributed by atoms with E-state index in [9.17, 15) is 9.18 Å². The number of halogens is 1. The Bertz CT molecular complexity index is 823. The van der Waals surface area contributed by atoms with Gasteiger partial charge in [-0.05, 0) is 87.6 Å². The molecule has 0 heterocycles. The lowest BCUT2D eigenvalue weighted by atomic mass is 9.72. The van der Waals surface area contributed by atoms with Crippen molar-refractivity contribution < 1.29 is 13.9 Å². The summed E-state index contributed by atoms with van der Waals surface area (Å²) in [7, 11) is 0. The molecule has 1 saturated carbocycles. The first-order valence-corrected chi connectivity index (χ1v) is 11.2. The molecule has 0 N–H and O–H groups in total. The van der Waals surface area contributed by atoms with Crippen LogP contribution in [0.4, 0.5) is 4.39 Å². The summed E-state index contributed by atoms with van der Waals surface area (Å²) in [5.74, 6) is 1.28. The summed E-state index contributed by atoms with van der Waals surface area (Å²) < 4.78 is 21.4. The summed E-state index contributed by atoms with van der Waals surface area (Å²) >= 11 is 0. The van der Waals surface area contributed by atoms with Gasteiger partial charge in [-0.1, -0.05) is 32.4 Å². The highest BCUT2D eigenvalue weighted by atomic mass is 19.1. The topological polar surface area (TPSA) is 26.3 Å². The molecule has 1 aromatic carbocycles. The quantitative estimate of drug-likeness (QED) is 0.458. The number of carbonyl (C=O) groups excluding carboxylic acids is 1. The zero-order chi connectivity index (χ0) is 21.2. The standard InChI is InChI=1S/C26H35FO2/c1-6-20(7-2)29-24-15-14-19(26(4,5)17(3)28)16-22(24)21-12-9-13-23(27)25(21)18-10-8-11-18/h12,14-16,18,20H,6-11,13H2,1-5H3. The lowest BCUT2D eigenvalue weighted by molar-refractivity contribution is -0.121. The first kappa shape index (κ1) is 21.8. The first-order valence-electron chi connectivity index (χ1n) is 11.2. The normalized spacial score (nSPS) is 18.0. The zero-order valence-corrected chi connectivity index (χ0v) is 18.6. The number of carbonyl (C=O) groups is 1. The number of benzene rings is 1. The van der Waals surface area contributed by atoms with Crippen LogP contribution in [0.1, 0.15) is 90.7 Å². The van der Waals surface area contributed by atoms with Gasteiger partial charge in [0.1, 0.15) is 17.4 Å². The number of rotatable bonds is 8. The van der Waals surface area contributed by atoms with Crippen molar-refractivity contribution in [1.29, 1.82) is 0 Å². The van der Waals surface area contributed by atoms with Crippen LogP contribution in [0.25, 0.3) is 5.57 Å². The van der Waals surface area contributed by atoms with Crippen LogP contribution < -0.4 is 4.74 Å². The number of ether oxygens (including phenoxy) is 1. The van der Waals surface area contributed by atoms with E-state index in [2.05, 4.69) is 26.0 Å². The van der Waals surface area contributed by atoms with E-state index in [1.54, 1.807) is 6.92 Å². The van der Waals surface area contributed by atoms with Crippen LogP contribution in [-0.4, -0.2) is 11.9 Å². The summed E-state index contributed by atoms with van der Waals surface area (Å²) in [6.07, 6.45) is 8.65. The molecule has 158 valence electrons. The third kappa shape index (κ3) is 4.34. The van der Waals surface area contributed by atoms with E-state index in [1.807, 2.05) is 26.0 Å². The third-order valence-electron chi connectivity index (χ3n) is 6.88. The highest BCUT2D eigenvalue weighted by Crippen LogP contribution is 2.47. The van der Waals surface area contributed by atoms with Crippen molar-refractivity contribution in [2.45, 2.75) is 91.1 Å². The average Bonchev–Trinajstić information content (AvgIpc) is 2.66. The zero-order valence-electron chi connectivity index (χ0n) is 18.6. The van der Waals surface area contributed by atoms with Crippen molar-refractivity contribution in [1.82, 2.24) is 0 Å². The molecular weight excluding hydrogens is 363 g/mol. The number of ketones is 1. The van der Waals surface area contributed by atoms with Crippen LogP contribution in [-0.2, 0) is 10.2 Å². The maximum absolute atomic E-state index is 15.0. The van der Waals surface area contributed by atoms with Crippen molar-refractivity contribution >= 4 is 11.4 Å². The van der Waals surface area contributed by atoms with Gasteiger partial charge in [0.25, 0.3) is 0 Å². The first-order chi connectivity index (χ1) is 13.8. The minimum absolute atomic E-state index is 0.0388. The molecule has 2 aliphatic carbocycles. The van der Waals surface area contributed by atoms with E-state index in [1.165, 1.54) is 6.42 Å². The minimum Gasteiger partial charge on any atom is -0.490 e. The van der Waals surface area contributed by atoms with Gasteiger partial charge >= 0.3 is 0 Å². The molecule has 0 bridgehead atoms. The molecule has 1 fully saturated rings. The van der Waals surface area contributed by atoms with Crippen molar-refractivity contribution in [3.8, 4) is 5.75 Å². The Morgan fingerprint density at radius 2 is 1.93 bits per heavy atom. The van der Waals surface area contributed by atoms with Crippen LogP contribution in [0, 0.1) is 5.92 Å². The van der Waals surface area contributed by atoms with Crippen LogP contribution in [0.2, 0.25) is 0 Å². The predicted molar refractivity (Wildman–Crippen MR) is 118 cm³/mol. The van der Waals surface area contributed by atoms with Crippen LogP contribution >= 0.6 is 0 Å². The lowest BCUT2D eigenvalue weighted by Gasteiger charge is -2.33. The molecule has 0 saturated heterocycles. The molecule has 2 nitrogen and oxygen atoms in total. The fraction of sp³-hybridized carbons (Fsp3) is 0.577. The van der Waals surface area contributed by atoms with Gasteiger partial charge in [0.05, 0.1) is 6.10 Å². The van der Waals surface area contributed by atoms with E-state index >= 15 is 0 Å². The third-order valence-corrected chi connectivity index (χ3v) is 6.88. The van der Waals surface area contributed by atoms with Gasteiger partial charge < -0.3 is 4.74 Å². The predicted octanol–water partition coefficient (Wildman–Crippen LogP) is 7.32. The van der Waals surface area contributed by atoms with Crippen LogP contribution in [0.3, 0.4) is 0 Å². The van der Waals surface area contributed by atoms with Crippen molar-refractivity contribution in [2.75, 3.05) is 0 Å². The molecule has 0 aliphatic heterocycles. The number of hydrogen-bond donors (Lipinski definition) is 0. The Labute approximate surface area is 175 Å². The van der Waals surface area contributed by atoms with Gasteiger partial charge in [0, 0.05) is 17.4 Å². The Hall–Kier alpha value is -1.90. The second-order valence-electron chi connectivity index (χ2n) is 9.05. The molecule has 0 radical (unpaired) electrons. The Balaban J connectivity index is 2.12. The molecule has 3 heteroatoms. The Kier molecular flexibility index (Phi) is 6.65. The van der Waals surface area contributed by atoms with Gasteiger partial charge in [0.2, 0.25) is 0 Å². The summed E-state index contributed by atoms with van der Waals surface area (Å²) in [6.45, 7) is 9.79. The maximum Gasteiger partial charge on any atom is 0.139 e. The van der Waals surface area contributed by atoms with Gasteiger partial charge in [-0.3, -0.25) is 4.79 Å². The van der Waals surface area contributed by atoms with Crippen molar-refractivity contribution in [3.05, 3.63) is 46.8 Å². The largest absolute Gasteiger partial charge is 0.490 e. The smallest absolute Gasteiger partial charge is 0.139 e. The highest BCUT2D eigenvalue weighted by Gasteiger charge is 2.33. The van der Waals surface area contributed by atoms with E-state index < -0.39 is 5.41 Å². The monoisotopic (exact) mass is 398 g/mol. The number of allylic oxidation sites excluding steroid dienone is 4. The average molecular weight is 399 g/mol. The second-order valence-corrected chi connectivity index (χ2v) is 9.05. The molecule has 0 aromatic heterocycles. The Morgan fingerprint density at radius 3 is 2.48 bits per heavy atom. The van der Waals surface area contributed by atoms with Gasteiger partial charge in [-0.15, -0.1) is 0 Å². The molecule has 0 unspecified atom stereocenters. The summed E-state index contributed by atoms with van der Waals surface area (Å²) in [4.78, 5) is 12.3. The van der Waals surface area contributed by atoms with E-state index in [-0.39, 0.29) is 17.7 Å². The fourth-order valence-corrected chi connectivity index (χ4v) is 4.20. The second kappa shape index (κ2) is 8.85. The summed E-state index contributed by atoms with van der Waals surface area (Å²) in [6, 6.07) is 6.05. The molecule has 0 atom stereocenters. The van der Waals surface area contributed by atoms with Gasteiger partial charge in [0.15, 0.2) is 0 Å². The molecule has 29 heavy (non-hydrogen) atoms. The number of Topliss-reactive ketones (excluding diaryl/α,β-unsaturated/α-hetero) is 1. The Morgan fingerprint density at radius 1 is 1.24 bits per heavy atom. The van der Waals surface area contributed by atoms with E-state index in [0.29, 0.717) is 18.8 Å². The SMILES string of the molecule is CCC(CC)Oc1ccc(C(C)(C)C(C)=O)cc1C1=CCCC(F)=C1C1CCC1. The summed E-state index contributed by atoms with van der Waals surface area (Å²) in [5, 5.41) is 0. The van der Waals surface area contributed by atoms with Gasteiger partial charge in [-0.2, -0.15) is 0 Å². The molecule has 2 aliphatic rings. The fourth-order valence-electron chi connectivity index (χ4n) is 4.20. The molecule has 3 rings (SSSR count). The minimum atomic E-state index is -0.587. The number of hydrogen-bond acceptors (Lipinski definition) is 2. The highest BCUT2D eigenvalue weighted by molar-refractivity contribution is 5.89. The van der Waals surface area contributed by atoms with Gasteiger partial charge in [-0.25, -0.2) is 4.39 Å². The molecule has 0 spiro atoms. The van der Waals surface area contributed by atoms with Crippen LogP contribution in [0.5, 0.6) is 5.75 Å².